The van der Waals surface area contributed by atoms with Crippen molar-refractivity contribution >= 4 is 18.0 Å². The van der Waals surface area contributed by atoms with E-state index in [1.807, 2.05) is 50.2 Å². The minimum absolute atomic E-state index is 0.0214. The summed E-state index contributed by atoms with van der Waals surface area (Å²) < 4.78 is 5.52. The number of alkyl carbamates (subject to hydrolysis) is 1. The van der Waals surface area contributed by atoms with Gasteiger partial charge < -0.3 is 20.5 Å². The maximum Gasteiger partial charge on any atom is 0.407 e. The Hall–Kier alpha value is -3.35. The van der Waals surface area contributed by atoms with Crippen LogP contribution in [0.2, 0.25) is 0 Å². The highest BCUT2D eigenvalue weighted by molar-refractivity contribution is 5.86. The van der Waals surface area contributed by atoms with Gasteiger partial charge in [0.25, 0.3) is 0 Å². The molecule has 1 aliphatic rings. The van der Waals surface area contributed by atoms with E-state index in [1.54, 1.807) is 0 Å². The number of carbonyl (C=O) groups is 3. The van der Waals surface area contributed by atoms with Gasteiger partial charge in [0.1, 0.15) is 12.6 Å². The maximum atomic E-state index is 12.5. The van der Waals surface area contributed by atoms with E-state index in [2.05, 4.69) is 22.8 Å². The van der Waals surface area contributed by atoms with Crippen molar-refractivity contribution in [3.8, 4) is 11.1 Å². The molecule has 0 aliphatic heterocycles. The summed E-state index contributed by atoms with van der Waals surface area (Å²) in [6.45, 7) is 4.06. The molecule has 2 amide bonds. The monoisotopic (exact) mass is 424 g/mol. The molecule has 0 spiro atoms. The third kappa shape index (κ3) is 5.42. The molecule has 3 rings (SSSR count). The van der Waals surface area contributed by atoms with Crippen LogP contribution in [0.1, 0.15) is 43.7 Å². The van der Waals surface area contributed by atoms with E-state index < -0.39 is 18.1 Å². The highest BCUT2D eigenvalue weighted by Gasteiger charge is 2.30. The summed E-state index contributed by atoms with van der Waals surface area (Å²) in [4.78, 5) is 35.5. The van der Waals surface area contributed by atoms with Gasteiger partial charge >= 0.3 is 12.1 Å². The fraction of sp³-hybridized carbons (Fsp3) is 0.375. The first kappa shape index (κ1) is 22.3. The SMILES string of the molecule is CC(C)[C@@H](NC(=O)OCC1c2ccccc2-c2ccccc21)C(=O)NCCCC(=O)O. The number of nitrogens with one attached hydrogen (secondary N) is 2. The van der Waals surface area contributed by atoms with Crippen molar-refractivity contribution < 1.29 is 24.2 Å². The zero-order valence-electron chi connectivity index (χ0n) is 17.8. The van der Waals surface area contributed by atoms with Gasteiger partial charge in [0, 0.05) is 18.9 Å². The molecular formula is C24H28N2O5. The molecule has 0 saturated carbocycles. The van der Waals surface area contributed by atoms with Crippen LogP contribution in [0.5, 0.6) is 0 Å². The highest BCUT2D eigenvalue weighted by Crippen LogP contribution is 2.44. The van der Waals surface area contributed by atoms with Gasteiger partial charge in [-0.1, -0.05) is 62.4 Å². The molecule has 1 atom stereocenters. The quantitative estimate of drug-likeness (QED) is 0.534. The molecule has 1 aliphatic carbocycles. The van der Waals surface area contributed by atoms with Crippen molar-refractivity contribution in [2.24, 2.45) is 5.92 Å². The lowest BCUT2D eigenvalue weighted by atomic mass is 9.98. The predicted molar refractivity (Wildman–Crippen MR) is 117 cm³/mol. The topological polar surface area (TPSA) is 105 Å². The fourth-order valence-corrected chi connectivity index (χ4v) is 3.86. The number of carboxylic acids is 1. The van der Waals surface area contributed by atoms with Crippen LogP contribution in [0, 0.1) is 5.92 Å². The molecule has 7 heteroatoms. The van der Waals surface area contributed by atoms with E-state index in [0.29, 0.717) is 6.42 Å². The second-order valence-electron chi connectivity index (χ2n) is 7.98. The van der Waals surface area contributed by atoms with Gasteiger partial charge in [-0.25, -0.2) is 4.79 Å². The van der Waals surface area contributed by atoms with Crippen LogP contribution in [0.4, 0.5) is 4.79 Å². The first-order chi connectivity index (χ1) is 14.9. The number of amides is 2. The Labute approximate surface area is 181 Å². The van der Waals surface area contributed by atoms with Crippen LogP contribution < -0.4 is 10.6 Å². The van der Waals surface area contributed by atoms with Gasteiger partial charge in [0.15, 0.2) is 0 Å². The summed E-state index contributed by atoms with van der Waals surface area (Å²) in [5, 5.41) is 14.0. The summed E-state index contributed by atoms with van der Waals surface area (Å²) >= 11 is 0. The van der Waals surface area contributed by atoms with Crippen LogP contribution in [-0.2, 0) is 14.3 Å². The normalized spacial score (nSPS) is 13.3. The van der Waals surface area contributed by atoms with E-state index in [0.717, 1.165) is 22.3 Å². The minimum atomic E-state index is -0.911. The number of carbonyl (C=O) groups excluding carboxylic acids is 2. The Balaban J connectivity index is 1.58. The van der Waals surface area contributed by atoms with Gasteiger partial charge in [-0.2, -0.15) is 0 Å². The Morgan fingerprint density at radius 3 is 2.13 bits per heavy atom. The van der Waals surface area contributed by atoms with Crippen LogP contribution in [0.3, 0.4) is 0 Å². The second-order valence-corrected chi connectivity index (χ2v) is 7.98. The van der Waals surface area contributed by atoms with Gasteiger partial charge in [-0.3, -0.25) is 9.59 Å². The zero-order valence-corrected chi connectivity index (χ0v) is 17.8. The molecule has 0 heterocycles. The molecular weight excluding hydrogens is 396 g/mol. The molecule has 0 saturated heterocycles. The number of rotatable bonds is 9. The lowest BCUT2D eigenvalue weighted by Gasteiger charge is -2.22. The number of ether oxygens (including phenoxy) is 1. The number of aliphatic carboxylic acids is 1. The van der Waals surface area contributed by atoms with Crippen LogP contribution >= 0.6 is 0 Å². The van der Waals surface area contributed by atoms with Gasteiger partial charge in [0.05, 0.1) is 0 Å². The summed E-state index contributed by atoms with van der Waals surface area (Å²) in [5.41, 5.74) is 4.53. The van der Waals surface area contributed by atoms with Crippen LogP contribution in [-0.4, -0.2) is 42.3 Å². The predicted octanol–water partition coefficient (Wildman–Crippen LogP) is 3.53. The first-order valence-corrected chi connectivity index (χ1v) is 10.5. The molecule has 31 heavy (non-hydrogen) atoms. The molecule has 2 aromatic carbocycles. The number of benzene rings is 2. The molecule has 0 bridgehead atoms. The van der Waals surface area contributed by atoms with Crippen molar-refractivity contribution in [1.82, 2.24) is 10.6 Å². The van der Waals surface area contributed by atoms with Crippen molar-refractivity contribution in [3.05, 3.63) is 59.7 Å². The van der Waals surface area contributed by atoms with Gasteiger partial charge in [-0.15, -0.1) is 0 Å². The molecule has 3 N–H and O–H groups in total. The van der Waals surface area contributed by atoms with Crippen molar-refractivity contribution in [1.29, 1.82) is 0 Å². The van der Waals surface area contributed by atoms with Gasteiger partial charge in [-0.05, 0) is 34.6 Å². The highest BCUT2D eigenvalue weighted by atomic mass is 16.5. The minimum Gasteiger partial charge on any atom is -0.481 e. The summed E-state index contributed by atoms with van der Waals surface area (Å²) in [6.07, 6.45) is -0.343. The Morgan fingerprint density at radius 1 is 1.00 bits per heavy atom. The Morgan fingerprint density at radius 2 is 1.58 bits per heavy atom. The van der Waals surface area contributed by atoms with E-state index in [4.69, 9.17) is 9.84 Å². The van der Waals surface area contributed by atoms with Crippen molar-refractivity contribution in [2.45, 2.75) is 38.6 Å². The van der Waals surface area contributed by atoms with Crippen molar-refractivity contribution in [2.75, 3.05) is 13.2 Å². The molecule has 0 unspecified atom stereocenters. The average Bonchev–Trinajstić information content (AvgIpc) is 3.07. The fourth-order valence-electron chi connectivity index (χ4n) is 3.86. The lowest BCUT2D eigenvalue weighted by molar-refractivity contribution is -0.137. The Bertz CT molecular complexity index is 911. The zero-order chi connectivity index (χ0) is 22.4. The number of hydrogen-bond donors (Lipinski definition) is 3. The molecule has 0 radical (unpaired) electrons. The van der Waals surface area contributed by atoms with Gasteiger partial charge in [0.2, 0.25) is 5.91 Å². The standard InChI is InChI=1S/C24H28N2O5/c1-15(2)22(23(29)25-13-7-12-21(27)28)26-24(30)31-14-20-18-10-5-3-8-16(18)17-9-4-6-11-19(17)20/h3-6,8-11,15,20,22H,7,12-14H2,1-2H3,(H,25,29)(H,26,30)(H,27,28)/t22-/m1/s1. The summed E-state index contributed by atoms with van der Waals surface area (Å²) in [7, 11) is 0. The number of carboxylic acid groups (broad SMARTS) is 1. The van der Waals surface area contributed by atoms with Crippen LogP contribution in [0.25, 0.3) is 11.1 Å². The largest absolute Gasteiger partial charge is 0.481 e. The third-order valence-electron chi connectivity index (χ3n) is 5.43. The molecule has 7 nitrogen and oxygen atoms in total. The maximum absolute atomic E-state index is 12.5. The lowest BCUT2D eigenvalue weighted by Crippen LogP contribution is -2.50. The number of hydrogen-bond acceptors (Lipinski definition) is 4. The average molecular weight is 424 g/mol. The van der Waals surface area contributed by atoms with Crippen molar-refractivity contribution in [3.63, 3.8) is 0 Å². The molecule has 164 valence electrons. The number of fused-ring (bicyclic) bond motifs is 3. The third-order valence-corrected chi connectivity index (χ3v) is 5.43. The molecule has 2 aromatic rings. The Kier molecular flexibility index (Phi) is 7.28. The summed E-state index contributed by atoms with van der Waals surface area (Å²) in [5.74, 6) is -1.47. The van der Waals surface area contributed by atoms with E-state index in [9.17, 15) is 14.4 Å². The molecule has 0 fully saturated rings. The van der Waals surface area contributed by atoms with E-state index in [-0.39, 0.29) is 37.3 Å². The smallest absolute Gasteiger partial charge is 0.407 e. The molecule has 0 aromatic heterocycles. The van der Waals surface area contributed by atoms with E-state index >= 15 is 0 Å². The second kappa shape index (κ2) is 10.1. The first-order valence-electron chi connectivity index (χ1n) is 10.5. The summed E-state index contributed by atoms with van der Waals surface area (Å²) in [6, 6.07) is 15.4. The van der Waals surface area contributed by atoms with Crippen LogP contribution in [0.15, 0.2) is 48.5 Å². The van der Waals surface area contributed by atoms with E-state index in [1.165, 1.54) is 0 Å².